The standard InChI is InChI=1S/C13H12N2O3/c1-9-12(5-6-18-9)13(17)15-14-8-10-3-2-4-11(16)7-10/h2-8,16H,1H3,(H,15,17)/b14-8+. The lowest BCUT2D eigenvalue weighted by Crippen LogP contribution is -2.17. The van der Waals surface area contributed by atoms with Crippen molar-refractivity contribution in [2.45, 2.75) is 6.92 Å². The Bertz CT molecular complexity index is 587. The SMILES string of the molecule is Cc1occc1C(=O)N/N=C/c1cccc(O)c1. The zero-order valence-electron chi connectivity index (χ0n) is 9.75. The van der Waals surface area contributed by atoms with E-state index in [9.17, 15) is 9.90 Å². The van der Waals surface area contributed by atoms with Gasteiger partial charge in [0, 0.05) is 0 Å². The van der Waals surface area contributed by atoms with Crippen molar-refractivity contribution in [3.8, 4) is 5.75 Å². The van der Waals surface area contributed by atoms with Gasteiger partial charge in [0.15, 0.2) is 0 Å². The van der Waals surface area contributed by atoms with Crippen molar-refractivity contribution >= 4 is 12.1 Å². The number of carbonyl (C=O) groups is 1. The van der Waals surface area contributed by atoms with Crippen LogP contribution in [0.4, 0.5) is 0 Å². The number of carbonyl (C=O) groups excluding carboxylic acids is 1. The molecule has 1 heterocycles. The topological polar surface area (TPSA) is 74.8 Å². The van der Waals surface area contributed by atoms with Gasteiger partial charge in [0.1, 0.15) is 11.5 Å². The van der Waals surface area contributed by atoms with Gasteiger partial charge in [-0.3, -0.25) is 4.79 Å². The van der Waals surface area contributed by atoms with E-state index in [0.717, 1.165) is 0 Å². The molecule has 0 aliphatic rings. The molecule has 18 heavy (non-hydrogen) atoms. The lowest BCUT2D eigenvalue weighted by molar-refractivity contribution is 0.0953. The van der Waals surface area contributed by atoms with Crippen LogP contribution >= 0.6 is 0 Å². The molecule has 0 aliphatic carbocycles. The van der Waals surface area contributed by atoms with Gasteiger partial charge < -0.3 is 9.52 Å². The molecule has 0 atom stereocenters. The average molecular weight is 244 g/mol. The third-order valence-electron chi connectivity index (χ3n) is 2.35. The molecule has 0 fully saturated rings. The molecule has 0 unspecified atom stereocenters. The maximum Gasteiger partial charge on any atom is 0.274 e. The summed E-state index contributed by atoms with van der Waals surface area (Å²) in [7, 11) is 0. The number of rotatable bonds is 3. The summed E-state index contributed by atoms with van der Waals surface area (Å²) in [6, 6.07) is 8.13. The maximum absolute atomic E-state index is 11.6. The molecular weight excluding hydrogens is 232 g/mol. The first-order valence-corrected chi connectivity index (χ1v) is 5.33. The van der Waals surface area contributed by atoms with Gasteiger partial charge in [-0.1, -0.05) is 12.1 Å². The zero-order chi connectivity index (χ0) is 13.0. The molecule has 0 bridgehead atoms. The normalized spacial score (nSPS) is 10.7. The summed E-state index contributed by atoms with van der Waals surface area (Å²) in [4.78, 5) is 11.6. The molecular formula is C13H12N2O3. The van der Waals surface area contributed by atoms with Gasteiger partial charge in [-0.15, -0.1) is 0 Å². The van der Waals surface area contributed by atoms with Crippen molar-refractivity contribution in [2.24, 2.45) is 5.10 Å². The highest BCUT2D eigenvalue weighted by atomic mass is 16.3. The van der Waals surface area contributed by atoms with Crippen LogP contribution in [-0.4, -0.2) is 17.2 Å². The van der Waals surface area contributed by atoms with E-state index in [1.807, 2.05) is 0 Å². The molecule has 1 amide bonds. The molecule has 2 rings (SSSR count). The van der Waals surface area contributed by atoms with Crippen molar-refractivity contribution < 1.29 is 14.3 Å². The Labute approximate surface area is 104 Å². The van der Waals surface area contributed by atoms with Crippen molar-refractivity contribution in [1.29, 1.82) is 0 Å². The number of hydrogen-bond acceptors (Lipinski definition) is 4. The highest BCUT2D eigenvalue weighted by Crippen LogP contribution is 2.09. The summed E-state index contributed by atoms with van der Waals surface area (Å²) in [6.45, 7) is 1.70. The Kier molecular flexibility index (Phi) is 3.43. The summed E-state index contributed by atoms with van der Waals surface area (Å²) in [5.41, 5.74) is 3.52. The second kappa shape index (κ2) is 5.18. The number of benzene rings is 1. The van der Waals surface area contributed by atoms with E-state index in [4.69, 9.17) is 4.42 Å². The highest BCUT2D eigenvalue weighted by molar-refractivity contribution is 5.95. The number of phenols is 1. The van der Waals surface area contributed by atoms with Crippen LogP contribution in [0.1, 0.15) is 21.7 Å². The van der Waals surface area contributed by atoms with E-state index in [1.165, 1.54) is 12.5 Å². The molecule has 0 saturated carbocycles. The van der Waals surface area contributed by atoms with E-state index < -0.39 is 0 Å². The quantitative estimate of drug-likeness (QED) is 0.641. The molecule has 5 heteroatoms. The van der Waals surface area contributed by atoms with Crippen LogP contribution in [0.15, 0.2) is 46.1 Å². The summed E-state index contributed by atoms with van der Waals surface area (Å²) >= 11 is 0. The molecule has 0 radical (unpaired) electrons. The predicted molar refractivity (Wildman–Crippen MR) is 66.6 cm³/mol. The number of nitrogens with one attached hydrogen (secondary N) is 1. The van der Waals surface area contributed by atoms with Gasteiger partial charge in [0.25, 0.3) is 5.91 Å². The van der Waals surface area contributed by atoms with E-state index in [0.29, 0.717) is 16.9 Å². The average Bonchev–Trinajstić information content (AvgIpc) is 2.75. The van der Waals surface area contributed by atoms with E-state index in [1.54, 1.807) is 37.3 Å². The summed E-state index contributed by atoms with van der Waals surface area (Å²) in [5, 5.41) is 13.0. The smallest absolute Gasteiger partial charge is 0.274 e. The highest BCUT2D eigenvalue weighted by Gasteiger charge is 2.09. The Morgan fingerprint density at radius 3 is 2.94 bits per heavy atom. The number of phenolic OH excluding ortho intramolecular Hbond substituents is 1. The number of aromatic hydroxyl groups is 1. The van der Waals surface area contributed by atoms with Crippen LogP contribution in [0.25, 0.3) is 0 Å². The first-order chi connectivity index (χ1) is 8.66. The van der Waals surface area contributed by atoms with Gasteiger partial charge in [-0.2, -0.15) is 5.10 Å². The van der Waals surface area contributed by atoms with Crippen LogP contribution in [0, 0.1) is 6.92 Å². The minimum Gasteiger partial charge on any atom is -0.508 e. The van der Waals surface area contributed by atoms with Gasteiger partial charge in [0.05, 0.1) is 18.0 Å². The summed E-state index contributed by atoms with van der Waals surface area (Å²) in [5.74, 6) is 0.355. The van der Waals surface area contributed by atoms with Gasteiger partial charge >= 0.3 is 0 Å². The van der Waals surface area contributed by atoms with Gasteiger partial charge in [-0.25, -0.2) is 5.43 Å². The van der Waals surface area contributed by atoms with Crippen LogP contribution in [0.3, 0.4) is 0 Å². The van der Waals surface area contributed by atoms with Crippen LogP contribution in [-0.2, 0) is 0 Å². The largest absolute Gasteiger partial charge is 0.508 e. The molecule has 0 spiro atoms. The molecule has 0 aliphatic heterocycles. The second-order valence-electron chi connectivity index (χ2n) is 3.68. The number of nitrogens with zero attached hydrogens (tertiary/aromatic N) is 1. The Hall–Kier alpha value is -2.56. The molecule has 2 aromatic rings. The van der Waals surface area contributed by atoms with Crippen LogP contribution in [0.2, 0.25) is 0 Å². The zero-order valence-corrected chi connectivity index (χ0v) is 9.75. The Balaban J connectivity index is 2.00. The molecule has 1 aromatic heterocycles. The van der Waals surface area contributed by atoms with Crippen molar-refractivity contribution in [2.75, 3.05) is 0 Å². The minimum absolute atomic E-state index is 0.149. The van der Waals surface area contributed by atoms with Crippen molar-refractivity contribution in [3.63, 3.8) is 0 Å². The number of amides is 1. The van der Waals surface area contributed by atoms with Crippen molar-refractivity contribution in [3.05, 3.63) is 53.5 Å². The monoisotopic (exact) mass is 244 g/mol. The first kappa shape index (κ1) is 11.9. The minimum atomic E-state index is -0.336. The summed E-state index contributed by atoms with van der Waals surface area (Å²) < 4.78 is 5.02. The fraction of sp³-hybridized carbons (Fsp3) is 0.0769. The molecule has 5 nitrogen and oxygen atoms in total. The molecule has 1 aromatic carbocycles. The number of aryl methyl sites for hydroxylation is 1. The Morgan fingerprint density at radius 1 is 1.44 bits per heavy atom. The maximum atomic E-state index is 11.6. The van der Waals surface area contributed by atoms with Gasteiger partial charge in [0.2, 0.25) is 0 Å². The second-order valence-corrected chi connectivity index (χ2v) is 3.68. The molecule has 92 valence electrons. The lowest BCUT2D eigenvalue weighted by atomic mass is 10.2. The van der Waals surface area contributed by atoms with Gasteiger partial charge in [-0.05, 0) is 30.7 Å². The lowest BCUT2D eigenvalue weighted by Gasteiger charge is -1.97. The third kappa shape index (κ3) is 2.76. The Morgan fingerprint density at radius 2 is 2.28 bits per heavy atom. The fourth-order valence-corrected chi connectivity index (χ4v) is 1.45. The van der Waals surface area contributed by atoms with Crippen LogP contribution in [0.5, 0.6) is 5.75 Å². The number of hydrazone groups is 1. The summed E-state index contributed by atoms with van der Waals surface area (Å²) in [6.07, 6.45) is 2.90. The predicted octanol–water partition coefficient (Wildman–Crippen LogP) is 2.06. The van der Waals surface area contributed by atoms with Crippen molar-refractivity contribution in [1.82, 2.24) is 5.43 Å². The first-order valence-electron chi connectivity index (χ1n) is 5.33. The molecule has 0 saturated heterocycles. The number of furan rings is 1. The fourth-order valence-electron chi connectivity index (χ4n) is 1.45. The van der Waals surface area contributed by atoms with E-state index in [2.05, 4.69) is 10.5 Å². The molecule has 2 N–H and O–H groups in total. The number of hydrogen-bond donors (Lipinski definition) is 2. The van der Waals surface area contributed by atoms with Crippen LogP contribution < -0.4 is 5.43 Å². The third-order valence-corrected chi connectivity index (χ3v) is 2.35. The van der Waals surface area contributed by atoms with E-state index in [-0.39, 0.29) is 11.7 Å². The van der Waals surface area contributed by atoms with E-state index >= 15 is 0 Å².